The summed E-state index contributed by atoms with van der Waals surface area (Å²) in [5.74, 6) is -0.383. The second-order valence-corrected chi connectivity index (χ2v) is 9.67. The largest absolute Gasteiger partial charge is 0.352 e. The van der Waals surface area contributed by atoms with E-state index in [1.807, 2.05) is 0 Å². The average molecular weight is 430 g/mol. The maximum atomic E-state index is 13.0. The van der Waals surface area contributed by atoms with Crippen molar-refractivity contribution in [3.05, 3.63) is 28.8 Å². The van der Waals surface area contributed by atoms with E-state index in [1.54, 1.807) is 25.7 Å². The van der Waals surface area contributed by atoms with Gasteiger partial charge in [-0.1, -0.05) is 18.5 Å². The SMILES string of the molecule is CCC(=O)NC1CCCN(C(=O)c2cc(S(=O)(=O)N(C)C(C)C)ccc2Cl)C1. The number of halogens is 1. The molecule has 0 spiro atoms. The fraction of sp³-hybridized carbons (Fsp3) is 0.579. The van der Waals surface area contributed by atoms with E-state index in [9.17, 15) is 18.0 Å². The third kappa shape index (κ3) is 5.04. The van der Waals surface area contributed by atoms with Crippen LogP contribution in [0.3, 0.4) is 0 Å². The van der Waals surface area contributed by atoms with Crippen LogP contribution in [0.5, 0.6) is 0 Å². The Kier molecular flexibility index (Phi) is 7.47. The highest BCUT2D eigenvalue weighted by Gasteiger charge is 2.29. The van der Waals surface area contributed by atoms with Crippen LogP contribution in [-0.4, -0.2) is 61.7 Å². The van der Waals surface area contributed by atoms with Crippen molar-refractivity contribution in [3.8, 4) is 0 Å². The summed E-state index contributed by atoms with van der Waals surface area (Å²) >= 11 is 6.22. The molecule has 1 aromatic carbocycles. The summed E-state index contributed by atoms with van der Waals surface area (Å²) < 4.78 is 26.8. The lowest BCUT2D eigenvalue weighted by molar-refractivity contribution is -0.121. The van der Waals surface area contributed by atoms with Crippen LogP contribution in [-0.2, 0) is 14.8 Å². The normalized spacial score (nSPS) is 17.8. The van der Waals surface area contributed by atoms with Gasteiger partial charge in [-0.05, 0) is 44.9 Å². The number of nitrogens with zero attached hydrogens (tertiary/aromatic N) is 2. The van der Waals surface area contributed by atoms with E-state index in [1.165, 1.54) is 29.6 Å². The van der Waals surface area contributed by atoms with Crippen LogP contribution < -0.4 is 5.32 Å². The molecule has 0 radical (unpaired) electrons. The Morgan fingerprint density at radius 2 is 2.04 bits per heavy atom. The number of benzene rings is 1. The zero-order valence-electron chi connectivity index (χ0n) is 16.7. The highest BCUT2D eigenvalue weighted by Crippen LogP contribution is 2.25. The topological polar surface area (TPSA) is 86.8 Å². The first kappa shape index (κ1) is 22.6. The number of piperidine rings is 1. The smallest absolute Gasteiger partial charge is 0.255 e. The van der Waals surface area contributed by atoms with Crippen molar-refractivity contribution in [1.29, 1.82) is 0 Å². The maximum absolute atomic E-state index is 13.0. The van der Waals surface area contributed by atoms with Gasteiger partial charge in [0.25, 0.3) is 5.91 Å². The van der Waals surface area contributed by atoms with Gasteiger partial charge in [-0.25, -0.2) is 8.42 Å². The fourth-order valence-corrected chi connectivity index (χ4v) is 4.64. The lowest BCUT2D eigenvalue weighted by atomic mass is 10.0. The number of sulfonamides is 1. The summed E-state index contributed by atoms with van der Waals surface area (Å²) in [4.78, 5) is 26.3. The quantitative estimate of drug-likeness (QED) is 0.752. The first-order chi connectivity index (χ1) is 13.1. The van der Waals surface area contributed by atoms with Crippen molar-refractivity contribution >= 4 is 33.4 Å². The minimum absolute atomic E-state index is 0.0318. The Labute approximate surface area is 172 Å². The molecule has 1 N–H and O–H groups in total. The monoisotopic (exact) mass is 429 g/mol. The molecule has 1 unspecified atom stereocenters. The molecule has 1 atom stereocenters. The van der Waals surface area contributed by atoms with Crippen molar-refractivity contribution in [3.63, 3.8) is 0 Å². The number of likely N-dealkylation sites (tertiary alicyclic amines) is 1. The van der Waals surface area contributed by atoms with E-state index < -0.39 is 10.0 Å². The molecule has 28 heavy (non-hydrogen) atoms. The number of hydrogen-bond donors (Lipinski definition) is 1. The molecule has 9 heteroatoms. The number of amides is 2. The lowest BCUT2D eigenvalue weighted by Crippen LogP contribution is -2.49. The van der Waals surface area contributed by atoms with Crippen LogP contribution in [0.1, 0.15) is 50.4 Å². The van der Waals surface area contributed by atoms with Gasteiger partial charge in [0.05, 0.1) is 15.5 Å². The van der Waals surface area contributed by atoms with Crippen molar-refractivity contribution in [1.82, 2.24) is 14.5 Å². The van der Waals surface area contributed by atoms with Gasteiger partial charge in [0, 0.05) is 38.6 Å². The van der Waals surface area contributed by atoms with Gasteiger partial charge in [0.2, 0.25) is 15.9 Å². The van der Waals surface area contributed by atoms with E-state index in [0.717, 1.165) is 12.8 Å². The van der Waals surface area contributed by atoms with Gasteiger partial charge in [0.1, 0.15) is 0 Å². The van der Waals surface area contributed by atoms with Crippen LogP contribution in [0.25, 0.3) is 0 Å². The number of rotatable bonds is 6. The predicted molar refractivity (Wildman–Crippen MR) is 109 cm³/mol. The fourth-order valence-electron chi connectivity index (χ4n) is 3.05. The van der Waals surface area contributed by atoms with Crippen molar-refractivity contribution < 1.29 is 18.0 Å². The second kappa shape index (κ2) is 9.24. The van der Waals surface area contributed by atoms with Crippen LogP contribution in [0.4, 0.5) is 0 Å². The third-order valence-corrected chi connectivity index (χ3v) is 7.33. The summed E-state index contributed by atoms with van der Waals surface area (Å²) in [7, 11) is -2.22. The molecule has 156 valence electrons. The number of carbonyl (C=O) groups excluding carboxylic acids is 2. The zero-order chi connectivity index (χ0) is 21.1. The molecule has 2 rings (SSSR count). The van der Waals surface area contributed by atoms with Gasteiger partial charge in [0.15, 0.2) is 0 Å². The molecule has 0 aromatic heterocycles. The number of hydrogen-bond acceptors (Lipinski definition) is 4. The van der Waals surface area contributed by atoms with Crippen LogP contribution in [0, 0.1) is 0 Å². The molecular weight excluding hydrogens is 402 g/mol. The third-order valence-electron chi connectivity index (χ3n) is 4.97. The van der Waals surface area contributed by atoms with E-state index in [4.69, 9.17) is 11.6 Å². The van der Waals surface area contributed by atoms with Gasteiger partial charge < -0.3 is 10.2 Å². The Morgan fingerprint density at radius 3 is 2.64 bits per heavy atom. The Balaban J connectivity index is 2.27. The molecule has 1 aliphatic heterocycles. The molecule has 1 fully saturated rings. The minimum atomic E-state index is -3.72. The molecule has 7 nitrogen and oxygen atoms in total. The summed E-state index contributed by atoms with van der Waals surface area (Å²) in [5, 5.41) is 3.12. The van der Waals surface area contributed by atoms with E-state index in [-0.39, 0.29) is 39.4 Å². The van der Waals surface area contributed by atoms with Crippen molar-refractivity contribution in [2.75, 3.05) is 20.1 Å². The van der Waals surface area contributed by atoms with Crippen LogP contribution in [0.15, 0.2) is 23.1 Å². The maximum Gasteiger partial charge on any atom is 0.255 e. The average Bonchev–Trinajstić information content (AvgIpc) is 2.66. The van der Waals surface area contributed by atoms with Crippen molar-refractivity contribution in [2.24, 2.45) is 0 Å². The lowest BCUT2D eigenvalue weighted by Gasteiger charge is -2.33. The number of carbonyl (C=O) groups is 2. The predicted octanol–water partition coefficient (Wildman–Crippen LogP) is 2.50. The molecule has 0 aliphatic carbocycles. The first-order valence-electron chi connectivity index (χ1n) is 9.44. The Bertz CT molecular complexity index is 842. The van der Waals surface area contributed by atoms with E-state index in [2.05, 4.69) is 5.32 Å². The minimum Gasteiger partial charge on any atom is -0.352 e. The summed E-state index contributed by atoms with van der Waals surface area (Å²) in [6.07, 6.45) is 1.95. The summed E-state index contributed by atoms with van der Waals surface area (Å²) in [5.41, 5.74) is 0.155. The molecular formula is C19H28ClN3O4S. The molecule has 1 saturated heterocycles. The van der Waals surface area contributed by atoms with Gasteiger partial charge >= 0.3 is 0 Å². The summed E-state index contributed by atoms with van der Waals surface area (Å²) in [6.45, 7) is 6.25. The highest BCUT2D eigenvalue weighted by molar-refractivity contribution is 7.89. The number of nitrogens with one attached hydrogen (secondary N) is 1. The Hall–Kier alpha value is -1.64. The molecule has 0 saturated carbocycles. The Morgan fingerprint density at radius 1 is 1.36 bits per heavy atom. The molecule has 1 aromatic rings. The zero-order valence-corrected chi connectivity index (χ0v) is 18.3. The second-order valence-electron chi connectivity index (χ2n) is 7.27. The van der Waals surface area contributed by atoms with Gasteiger partial charge in [-0.3, -0.25) is 9.59 Å². The highest BCUT2D eigenvalue weighted by atomic mass is 35.5. The first-order valence-corrected chi connectivity index (χ1v) is 11.3. The van der Waals surface area contributed by atoms with Crippen LogP contribution >= 0.6 is 11.6 Å². The van der Waals surface area contributed by atoms with Crippen LogP contribution in [0.2, 0.25) is 5.02 Å². The van der Waals surface area contributed by atoms with Gasteiger partial charge in [-0.15, -0.1) is 0 Å². The van der Waals surface area contributed by atoms with Gasteiger partial charge in [-0.2, -0.15) is 4.31 Å². The summed E-state index contributed by atoms with van der Waals surface area (Å²) in [6, 6.07) is 3.87. The molecule has 1 heterocycles. The molecule has 1 aliphatic rings. The van der Waals surface area contributed by atoms with Crippen molar-refractivity contribution in [2.45, 2.75) is 57.0 Å². The van der Waals surface area contributed by atoms with E-state index in [0.29, 0.717) is 19.5 Å². The molecule has 2 amide bonds. The standard InChI is InChI=1S/C19H28ClN3O4S/c1-5-18(24)21-14-7-6-10-23(12-14)19(25)16-11-15(8-9-17(16)20)28(26,27)22(4)13(2)3/h8-9,11,13-14H,5-7,10,12H2,1-4H3,(H,21,24). The molecule has 0 bridgehead atoms. The van der Waals surface area contributed by atoms with E-state index >= 15 is 0 Å².